The van der Waals surface area contributed by atoms with Crippen molar-refractivity contribution in [1.29, 1.82) is 0 Å². The van der Waals surface area contributed by atoms with Gasteiger partial charge in [-0.1, -0.05) is 48.5 Å². The summed E-state index contributed by atoms with van der Waals surface area (Å²) < 4.78 is 0. The van der Waals surface area contributed by atoms with Crippen LogP contribution in [-0.2, 0) is 11.3 Å². The molecule has 3 N–H and O–H groups in total. The van der Waals surface area contributed by atoms with E-state index in [-0.39, 0.29) is 17.2 Å². The lowest BCUT2D eigenvalue weighted by atomic mass is 10.1. The molecule has 7 heteroatoms. The zero-order valence-corrected chi connectivity index (χ0v) is 14.2. The van der Waals surface area contributed by atoms with Crippen molar-refractivity contribution >= 4 is 22.6 Å². The first-order valence-electron chi connectivity index (χ1n) is 8.16. The van der Waals surface area contributed by atoms with Crippen LogP contribution in [0.3, 0.4) is 0 Å². The predicted octanol–water partition coefficient (Wildman–Crippen LogP) is 1.36. The number of rotatable bonds is 5. The van der Waals surface area contributed by atoms with Gasteiger partial charge in [0.25, 0.3) is 11.5 Å². The van der Waals surface area contributed by atoms with Gasteiger partial charge in [0.15, 0.2) is 5.69 Å². The fourth-order valence-electron chi connectivity index (χ4n) is 2.56. The number of aromatic nitrogens is 2. The Morgan fingerprint density at radius 2 is 1.69 bits per heavy atom. The van der Waals surface area contributed by atoms with Crippen LogP contribution in [0.2, 0.25) is 0 Å². The number of aromatic amines is 1. The summed E-state index contributed by atoms with van der Waals surface area (Å²) in [5.41, 5.74) is 0.668. The molecule has 0 radical (unpaired) electrons. The van der Waals surface area contributed by atoms with E-state index in [1.165, 1.54) is 0 Å². The second-order valence-electron chi connectivity index (χ2n) is 5.85. The maximum absolute atomic E-state index is 12.5. The van der Waals surface area contributed by atoms with Crippen LogP contribution in [0.15, 0.2) is 59.4 Å². The fraction of sp³-hybridized carbons (Fsp3) is 0.158. The lowest BCUT2D eigenvalue weighted by Crippen LogP contribution is -2.45. The summed E-state index contributed by atoms with van der Waals surface area (Å²) in [6.45, 7) is 1.96. The molecule has 2 amide bonds. The first-order valence-corrected chi connectivity index (χ1v) is 8.16. The van der Waals surface area contributed by atoms with Gasteiger partial charge in [0, 0.05) is 11.9 Å². The van der Waals surface area contributed by atoms with E-state index in [4.69, 9.17) is 0 Å². The molecule has 7 nitrogen and oxygen atoms in total. The molecule has 0 saturated carbocycles. The topological polar surface area (TPSA) is 104 Å². The third-order valence-electron chi connectivity index (χ3n) is 3.96. The molecule has 1 unspecified atom stereocenters. The van der Waals surface area contributed by atoms with Crippen LogP contribution < -0.4 is 16.2 Å². The molecule has 0 aliphatic rings. The Morgan fingerprint density at radius 3 is 2.42 bits per heavy atom. The minimum absolute atomic E-state index is 0.0721. The molecular formula is C19H18N4O3. The zero-order chi connectivity index (χ0) is 18.5. The normalized spacial score (nSPS) is 11.7. The Morgan fingerprint density at radius 1 is 1.04 bits per heavy atom. The van der Waals surface area contributed by atoms with Gasteiger partial charge in [0.05, 0.1) is 5.39 Å². The number of H-pyrrole nitrogens is 1. The molecule has 2 aromatic carbocycles. The van der Waals surface area contributed by atoms with Crippen molar-refractivity contribution < 1.29 is 9.59 Å². The Bertz CT molecular complexity index is 998. The Kier molecular flexibility index (Phi) is 5.07. The van der Waals surface area contributed by atoms with Gasteiger partial charge < -0.3 is 10.6 Å². The van der Waals surface area contributed by atoms with Gasteiger partial charge in [-0.2, -0.15) is 5.10 Å². The zero-order valence-electron chi connectivity index (χ0n) is 14.2. The molecule has 0 fully saturated rings. The maximum Gasteiger partial charge on any atom is 0.273 e. The number of fused-ring (bicyclic) bond motifs is 1. The molecule has 26 heavy (non-hydrogen) atoms. The van der Waals surface area contributed by atoms with E-state index in [0.717, 1.165) is 5.56 Å². The average molecular weight is 350 g/mol. The molecule has 132 valence electrons. The fourth-order valence-corrected chi connectivity index (χ4v) is 2.56. The van der Waals surface area contributed by atoms with E-state index in [2.05, 4.69) is 20.8 Å². The van der Waals surface area contributed by atoms with Crippen molar-refractivity contribution in [2.45, 2.75) is 19.5 Å². The highest BCUT2D eigenvalue weighted by molar-refractivity contribution is 6.05. The van der Waals surface area contributed by atoms with Crippen LogP contribution in [0.25, 0.3) is 10.8 Å². The quantitative estimate of drug-likeness (QED) is 0.646. The van der Waals surface area contributed by atoms with Crippen LogP contribution >= 0.6 is 0 Å². The standard InChI is InChI=1S/C19H18N4O3/c1-12(17(24)20-11-13-7-3-2-4-8-13)21-19(26)16-14-9-5-6-10-15(14)18(25)23-22-16/h2-10,12H,11H2,1H3,(H,20,24)(H,21,26)(H,23,25). The van der Waals surface area contributed by atoms with Gasteiger partial charge in [0.2, 0.25) is 5.91 Å². The number of hydrogen-bond donors (Lipinski definition) is 3. The van der Waals surface area contributed by atoms with Gasteiger partial charge in [-0.15, -0.1) is 0 Å². The molecular weight excluding hydrogens is 332 g/mol. The van der Waals surface area contributed by atoms with Crippen molar-refractivity contribution in [3.8, 4) is 0 Å². The van der Waals surface area contributed by atoms with Crippen LogP contribution in [0.1, 0.15) is 23.0 Å². The van der Waals surface area contributed by atoms with Gasteiger partial charge in [-0.05, 0) is 18.6 Å². The third-order valence-corrected chi connectivity index (χ3v) is 3.96. The van der Waals surface area contributed by atoms with E-state index in [1.54, 1.807) is 31.2 Å². The smallest absolute Gasteiger partial charge is 0.273 e. The van der Waals surface area contributed by atoms with Gasteiger partial charge in [-0.25, -0.2) is 5.10 Å². The molecule has 0 aliphatic heterocycles. The minimum atomic E-state index is -0.751. The van der Waals surface area contributed by atoms with Gasteiger partial charge in [0.1, 0.15) is 6.04 Å². The number of amides is 2. The molecule has 0 aliphatic carbocycles. The minimum Gasteiger partial charge on any atom is -0.350 e. The van der Waals surface area contributed by atoms with Crippen LogP contribution in [-0.4, -0.2) is 28.1 Å². The van der Waals surface area contributed by atoms with E-state index in [0.29, 0.717) is 17.3 Å². The Labute approximate surface area is 149 Å². The molecule has 1 heterocycles. The number of carbonyl (C=O) groups is 2. The molecule has 3 rings (SSSR count). The highest BCUT2D eigenvalue weighted by Gasteiger charge is 2.19. The molecule has 1 atom stereocenters. The van der Waals surface area contributed by atoms with Crippen LogP contribution in [0, 0.1) is 0 Å². The average Bonchev–Trinajstić information content (AvgIpc) is 2.67. The lowest BCUT2D eigenvalue weighted by molar-refractivity contribution is -0.122. The molecule has 3 aromatic rings. The highest BCUT2D eigenvalue weighted by Crippen LogP contribution is 2.12. The number of carbonyl (C=O) groups excluding carboxylic acids is 2. The summed E-state index contributed by atoms with van der Waals surface area (Å²) in [6, 6.07) is 15.4. The van der Waals surface area contributed by atoms with Crippen molar-refractivity contribution in [2.75, 3.05) is 0 Å². The maximum atomic E-state index is 12.5. The number of nitrogens with zero attached hydrogens (tertiary/aromatic N) is 1. The third kappa shape index (κ3) is 3.77. The number of benzene rings is 2. The SMILES string of the molecule is CC(NC(=O)c1n[nH]c(=O)c2ccccc12)C(=O)NCc1ccccc1. The second-order valence-corrected chi connectivity index (χ2v) is 5.85. The van der Waals surface area contributed by atoms with E-state index < -0.39 is 11.9 Å². The highest BCUT2D eigenvalue weighted by atomic mass is 16.2. The summed E-state index contributed by atoms with van der Waals surface area (Å²) >= 11 is 0. The van der Waals surface area contributed by atoms with E-state index in [9.17, 15) is 14.4 Å². The monoisotopic (exact) mass is 350 g/mol. The van der Waals surface area contributed by atoms with Crippen molar-refractivity contribution in [1.82, 2.24) is 20.8 Å². The van der Waals surface area contributed by atoms with Crippen LogP contribution in [0.4, 0.5) is 0 Å². The molecule has 0 bridgehead atoms. The lowest BCUT2D eigenvalue weighted by Gasteiger charge is -2.14. The van der Waals surface area contributed by atoms with Gasteiger partial charge in [-0.3, -0.25) is 14.4 Å². The first-order chi connectivity index (χ1) is 12.6. The summed E-state index contributed by atoms with van der Waals surface area (Å²) in [7, 11) is 0. The van der Waals surface area contributed by atoms with E-state index >= 15 is 0 Å². The van der Waals surface area contributed by atoms with Crippen molar-refractivity contribution in [2.24, 2.45) is 0 Å². The summed E-state index contributed by atoms with van der Waals surface area (Å²) in [5, 5.41) is 12.3. The number of nitrogens with one attached hydrogen (secondary N) is 3. The Hall–Kier alpha value is -3.48. The largest absolute Gasteiger partial charge is 0.350 e. The second kappa shape index (κ2) is 7.60. The summed E-state index contributed by atoms with van der Waals surface area (Å²) in [4.78, 5) is 36.5. The first kappa shape index (κ1) is 17.3. The molecule has 0 saturated heterocycles. The predicted molar refractivity (Wildman–Crippen MR) is 97.6 cm³/mol. The van der Waals surface area contributed by atoms with Crippen molar-refractivity contribution in [3.05, 3.63) is 76.2 Å². The van der Waals surface area contributed by atoms with E-state index in [1.807, 2.05) is 30.3 Å². The van der Waals surface area contributed by atoms with Crippen molar-refractivity contribution in [3.63, 3.8) is 0 Å². The summed E-state index contributed by atoms with van der Waals surface area (Å²) in [5.74, 6) is -0.837. The van der Waals surface area contributed by atoms with Crippen LogP contribution in [0.5, 0.6) is 0 Å². The molecule has 1 aromatic heterocycles. The molecule has 0 spiro atoms. The Balaban J connectivity index is 1.69. The summed E-state index contributed by atoms with van der Waals surface area (Å²) in [6.07, 6.45) is 0. The van der Waals surface area contributed by atoms with Gasteiger partial charge >= 0.3 is 0 Å². The number of hydrogen-bond acceptors (Lipinski definition) is 4.